The van der Waals surface area contributed by atoms with Crippen LogP contribution in [0.3, 0.4) is 0 Å². The summed E-state index contributed by atoms with van der Waals surface area (Å²) in [6.45, 7) is 3.62. The van der Waals surface area contributed by atoms with Crippen molar-refractivity contribution in [2.75, 3.05) is 0 Å². The van der Waals surface area contributed by atoms with Crippen molar-refractivity contribution in [1.82, 2.24) is 0 Å². The fourth-order valence-electron chi connectivity index (χ4n) is 1.54. The van der Waals surface area contributed by atoms with Crippen LogP contribution in [0, 0.1) is 0 Å². The van der Waals surface area contributed by atoms with Crippen molar-refractivity contribution < 1.29 is 9.90 Å². The molecule has 0 saturated heterocycles. The van der Waals surface area contributed by atoms with Gasteiger partial charge in [-0.15, -0.1) is 6.58 Å². The maximum absolute atomic E-state index is 10.8. The van der Waals surface area contributed by atoms with E-state index in [4.69, 9.17) is 10.8 Å². The van der Waals surface area contributed by atoms with E-state index in [1.807, 2.05) is 30.3 Å². The van der Waals surface area contributed by atoms with E-state index in [2.05, 4.69) is 6.58 Å². The number of benzene rings is 1. The van der Waals surface area contributed by atoms with Gasteiger partial charge in [-0.3, -0.25) is 4.79 Å². The topological polar surface area (TPSA) is 63.3 Å². The SMILES string of the molecule is C=CC[C@@H](c1ccccc1)[C@H](N)C(=O)O. The van der Waals surface area contributed by atoms with Gasteiger partial charge < -0.3 is 10.8 Å². The van der Waals surface area contributed by atoms with Crippen LogP contribution in [-0.4, -0.2) is 17.1 Å². The average molecular weight is 205 g/mol. The Balaban J connectivity index is 2.92. The zero-order chi connectivity index (χ0) is 11.3. The lowest BCUT2D eigenvalue weighted by atomic mass is 9.89. The second kappa shape index (κ2) is 5.32. The summed E-state index contributed by atoms with van der Waals surface area (Å²) in [7, 11) is 0. The van der Waals surface area contributed by atoms with E-state index in [1.54, 1.807) is 6.08 Å². The highest BCUT2D eigenvalue weighted by Gasteiger charge is 2.24. The number of carboxylic acids is 1. The van der Waals surface area contributed by atoms with Crippen LogP contribution in [-0.2, 0) is 4.79 Å². The number of hydrogen-bond donors (Lipinski definition) is 2. The molecule has 0 aromatic heterocycles. The number of aliphatic carboxylic acids is 1. The van der Waals surface area contributed by atoms with Crippen LogP contribution in [0.15, 0.2) is 43.0 Å². The number of carboxylic acid groups (broad SMARTS) is 1. The maximum Gasteiger partial charge on any atom is 0.321 e. The third-order valence-electron chi connectivity index (χ3n) is 2.37. The first-order valence-corrected chi connectivity index (χ1v) is 4.81. The molecule has 1 aromatic carbocycles. The summed E-state index contributed by atoms with van der Waals surface area (Å²) in [4.78, 5) is 10.8. The molecule has 1 aromatic rings. The van der Waals surface area contributed by atoms with Crippen LogP contribution in [0.25, 0.3) is 0 Å². The standard InChI is InChI=1S/C12H15NO2/c1-2-6-10(11(13)12(14)15)9-7-4-3-5-8-9/h2-5,7-8,10-11H,1,6,13H2,(H,14,15)/t10-,11-/m0/s1. The van der Waals surface area contributed by atoms with Gasteiger partial charge in [0.2, 0.25) is 0 Å². The highest BCUT2D eigenvalue weighted by Crippen LogP contribution is 2.22. The molecule has 0 aliphatic rings. The fraction of sp³-hybridized carbons (Fsp3) is 0.250. The number of hydrogen-bond acceptors (Lipinski definition) is 2. The predicted molar refractivity (Wildman–Crippen MR) is 59.6 cm³/mol. The molecule has 2 atom stereocenters. The first kappa shape index (κ1) is 11.5. The van der Waals surface area contributed by atoms with Gasteiger partial charge in [-0.25, -0.2) is 0 Å². The normalized spacial score (nSPS) is 14.2. The molecule has 0 unspecified atom stereocenters. The lowest BCUT2D eigenvalue weighted by Gasteiger charge is -2.19. The molecule has 0 aliphatic heterocycles. The molecule has 80 valence electrons. The number of nitrogens with two attached hydrogens (primary N) is 1. The average Bonchev–Trinajstić information content (AvgIpc) is 2.26. The molecule has 0 spiro atoms. The van der Waals surface area contributed by atoms with Gasteiger partial charge in [0.05, 0.1) is 0 Å². The quantitative estimate of drug-likeness (QED) is 0.720. The van der Waals surface area contributed by atoms with Crippen molar-refractivity contribution >= 4 is 5.97 Å². The summed E-state index contributed by atoms with van der Waals surface area (Å²) in [6, 6.07) is 8.53. The smallest absolute Gasteiger partial charge is 0.321 e. The number of allylic oxidation sites excluding steroid dienone is 1. The summed E-state index contributed by atoms with van der Waals surface area (Å²) in [5, 5.41) is 8.88. The van der Waals surface area contributed by atoms with Crippen LogP contribution in [0.2, 0.25) is 0 Å². The third kappa shape index (κ3) is 2.92. The molecule has 0 heterocycles. The lowest BCUT2D eigenvalue weighted by Crippen LogP contribution is -2.36. The Hall–Kier alpha value is -1.61. The summed E-state index contributed by atoms with van der Waals surface area (Å²) < 4.78 is 0. The molecule has 0 bridgehead atoms. The van der Waals surface area contributed by atoms with Crippen LogP contribution in [0.5, 0.6) is 0 Å². The highest BCUT2D eigenvalue weighted by atomic mass is 16.4. The Morgan fingerprint density at radius 1 is 1.47 bits per heavy atom. The molecule has 15 heavy (non-hydrogen) atoms. The van der Waals surface area contributed by atoms with Gasteiger partial charge in [-0.05, 0) is 12.0 Å². The zero-order valence-corrected chi connectivity index (χ0v) is 8.47. The van der Waals surface area contributed by atoms with E-state index in [0.29, 0.717) is 6.42 Å². The molecule has 3 nitrogen and oxygen atoms in total. The van der Waals surface area contributed by atoms with E-state index in [-0.39, 0.29) is 5.92 Å². The van der Waals surface area contributed by atoms with Crippen LogP contribution >= 0.6 is 0 Å². The minimum absolute atomic E-state index is 0.207. The molecule has 0 saturated carbocycles. The van der Waals surface area contributed by atoms with Gasteiger partial charge in [0.25, 0.3) is 0 Å². The zero-order valence-electron chi connectivity index (χ0n) is 8.47. The molecular formula is C12H15NO2. The van der Waals surface area contributed by atoms with Gasteiger partial charge in [0, 0.05) is 5.92 Å². The van der Waals surface area contributed by atoms with Gasteiger partial charge in [-0.1, -0.05) is 36.4 Å². The van der Waals surface area contributed by atoms with Gasteiger partial charge >= 0.3 is 5.97 Å². The van der Waals surface area contributed by atoms with Crippen molar-refractivity contribution in [1.29, 1.82) is 0 Å². The first-order valence-electron chi connectivity index (χ1n) is 4.81. The highest BCUT2D eigenvalue weighted by molar-refractivity contribution is 5.74. The molecule has 3 heteroatoms. The Kier molecular flexibility index (Phi) is 4.06. The maximum atomic E-state index is 10.8. The van der Waals surface area contributed by atoms with Gasteiger partial charge in [-0.2, -0.15) is 0 Å². The lowest BCUT2D eigenvalue weighted by molar-refractivity contribution is -0.139. The molecule has 0 amide bonds. The van der Waals surface area contributed by atoms with E-state index >= 15 is 0 Å². The molecule has 3 N–H and O–H groups in total. The molecular weight excluding hydrogens is 190 g/mol. The predicted octanol–water partition coefficient (Wildman–Crippen LogP) is 1.76. The van der Waals surface area contributed by atoms with Crippen molar-refractivity contribution in [3.63, 3.8) is 0 Å². The summed E-state index contributed by atoms with van der Waals surface area (Å²) in [5.41, 5.74) is 6.57. The molecule has 0 fully saturated rings. The number of rotatable bonds is 5. The fourth-order valence-corrected chi connectivity index (χ4v) is 1.54. The Morgan fingerprint density at radius 3 is 2.53 bits per heavy atom. The van der Waals surface area contributed by atoms with Crippen LogP contribution < -0.4 is 5.73 Å². The van der Waals surface area contributed by atoms with Crippen molar-refractivity contribution in [3.05, 3.63) is 48.6 Å². The minimum Gasteiger partial charge on any atom is -0.480 e. The summed E-state index contributed by atoms with van der Waals surface area (Å²) in [6.07, 6.45) is 2.26. The third-order valence-corrected chi connectivity index (χ3v) is 2.37. The summed E-state index contributed by atoms with van der Waals surface area (Å²) >= 11 is 0. The molecule has 0 radical (unpaired) electrons. The Morgan fingerprint density at radius 2 is 2.07 bits per heavy atom. The van der Waals surface area contributed by atoms with Crippen molar-refractivity contribution in [3.8, 4) is 0 Å². The largest absolute Gasteiger partial charge is 0.480 e. The first-order chi connectivity index (χ1) is 7.16. The van der Waals surface area contributed by atoms with Gasteiger partial charge in [0.1, 0.15) is 6.04 Å². The van der Waals surface area contributed by atoms with Crippen LogP contribution in [0.4, 0.5) is 0 Å². The Labute approximate surface area is 89.2 Å². The second-order valence-electron chi connectivity index (χ2n) is 3.41. The van der Waals surface area contributed by atoms with Gasteiger partial charge in [0.15, 0.2) is 0 Å². The van der Waals surface area contributed by atoms with Crippen molar-refractivity contribution in [2.24, 2.45) is 5.73 Å². The Bertz CT molecular complexity index is 335. The van der Waals surface area contributed by atoms with E-state index in [1.165, 1.54) is 0 Å². The summed E-state index contributed by atoms with van der Waals surface area (Å²) in [5.74, 6) is -1.19. The van der Waals surface area contributed by atoms with E-state index in [9.17, 15) is 4.79 Å². The number of carbonyl (C=O) groups is 1. The van der Waals surface area contributed by atoms with Crippen molar-refractivity contribution in [2.45, 2.75) is 18.4 Å². The minimum atomic E-state index is -0.981. The van der Waals surface area contributed by atoms with E-state index < -0.39 is 12.0 Å². The molecule has 0 aliphatic carbocycles. The van der Waals surface area contributed by atoms with Crippen LogP contribution in [0.1, 0.15) is 17.9 Å². The molecule has 1 rings (SSSR count). The second-order valence-corrected chi connectivity index (χ2v) is 3.41. The monoisotopic (exact) mass is 205 g/mol. The van der Waals surface area contributed by atoms with E-state index in [0.717, 1.165) is 5.56 Å².